The van der Waals surface area contributed by atoms with E-state index in [1.54, 1.807) is 66.7 Å². The SMILES string of the molecule is CC(C)(C)c1c(O)cccc1OP(=O)(Oc1ccccc1)Oc1cccc(O)c1C(C)(C)C. The van der Waals surface area contributed by atoms with E-state index in [9.17, 15) is 14.8 Å². The minimum Gasteiger partial charge on any atom is -0.508 e. The first kappa shape index (κ1) is 24.5. The van der Waals surface area contributed by atoms with Gasteiger partial charge < -0.3 is 23.8 Å². The lowest BCUT2D eigenvalue weighted by molar-refractivity contribution is 0.291. The van der Waals surface area contributed by atoms with Crippen molar-refractivity contribution < 1.29 is 28.3 Å². The summed E-state index contributed by atoms with van der Waals surface area (Å²) in [7, 11) is -4.34. The van der Waals surface area contributed by atoms with Crippen LogP contribution in [0.5, 0.6) is 28.7 Å². The van der Waals surface area contributed by atoms with Crippen molar-refractivity contribution in [2.75, 3.05) is 0 Å². The Hall–Kier alpha value is -3.11. The minimum absolute atomic E-state index is 0.0130. The largest absolute Gasteiger partial charge is 0.647 e. The highest BCUT2D eigenvalue weighted by molar-refractivity contribution is 7.49. The van der Waals surface area contributed by atoms with E-state index in [0.717, 1.165) is 0 Å². The summed E-state index contributed by atoms with van der Waals surface area (Å²) in [5.74, 6) is 0.673. The molecule has 0 unspecified atom stereocenters. The average molecular weight is 471 g/mol. The van der Waals surface area contributed by atoms with E-state index in [-0.39, 0.29) is 28.7 Å². The molecule has 0 saturated heterocycles. The number of benzene rings is 3. The van der Waals surface area contributed by atoms with Crippen LogP contribution in [0, 0.1) is 0 Å². The maximum atomic E-state index is 14.1. The predicted molar refractivity (Wildman–Crippen MR) is 130 cm³/mol. The lowest BCUT2D eigenvalue weighted by Crippen LogP contribution is -2.17. The topological polar surface area (TPSA) is 85.2 Å². The van der Waals surface area contributed by atoms with Crippen molar-refractivity contribution in [3.63, 3.8) is 0 Å². The maximum absolute atomic E-state index is 14.1. The van der Waals surface area contributed by atoms with Gasteiger partial charge in [0.05, 0.1) is 0 Å². The number of phenolic OH excluding ortho intramolecular Hbond substituents is 2. The average Bonchev–Trinajstić information content (AvgIpc) is 2.66. The van der Waals surface area contributed by atoms with Crippen LogP contribution in [0.15, 0.2) is 66.7 Å². The van der Waals surface area contributed by atoms with E-state index < -0.39 is 18.7 Å². The summed E-state index contributed by atoms with van der Waals surface area (Å²) in [6.07, 6.45) is 0. The molecule has 3 aromatic carbocycles. The van der Waals surface area contributed by atoms with Crippen molar-refractivity contribution >= 4 is 7.82 Å². The van der Waals surface area contributed by atoms with Gasteiger partial charge in [0.2, 0.25) is 0 Å². The molecule has 0 aromatic heterocycles. The zero-order chi connectivity index (χ0) is 24.4. The number of hydrogen-bond acceptors (Lipinski definition) is 6. The van der Waals surface area contributed by atoms with Gasteiger partial charge in [-0.25, -0.2) is 0 Å². The van der Waals surface area contributed by atoms with Gasteiger partial charge in [0.25, 0.3) is 0 Å². The first-order chi connectivity index (χ1) is 15.3. The Morgan fingerprint density at radius 2 is 1.03 bits per heavy atom. The standard InChI is InChI=1S/C26H31O6P/c1-25(2,3)23-19(27)14-10-16-21(23)31-33(29,30-18-12-8-7-9-13-18)32-22-17-11-15-20(28)24(22)26(4,5)6/h7-17,27-28H,1-6H3. The van der Waals surface area contributed by atoms with Gasteiger partial charge in [-0.2, -0.15) is 4.57 Å². The summed E-state index contributed by atoms with van der Waals surface area (Å²) in [5.41, 5.74) is -0.0884. The lowest BCUT2D eigenvalue weighted by Gasteiger charge is -2.28. The number of para-hydroxylation sites is 1. The van der Waals surface area contributed by atoms with E-state index >= 15 is 0 Å². The van der Waals surface area contributed by atoms with Gasteiger partial charge in [-0.15, -0.1) is 0 Å². The fourth-order valence-electron chi connectivity index (χ4n) is 3.61. The zero-order valence-electron chi connectivity index (χ0n) is 19.8. The van der Waals surface area contributed by atoms with Crippen molar-refractivity contribution in [2.24, 2.45) is 0 Å². The number of rotatable bonds is 6. The van der Waals surface area contributed by atoms with Gasteiger partial charge in [0, 0.05) is 11.1 Å². The molecule has 0 radical (unpaired) electrons. The van der Waals surface area contributed by atoms with Gasteiger partial charge in [0.1, 0.15) is 28.7 Å². The van der Waals surface area contributed by atoms with Crippen LogP contribution in [0.2, 0.25) is 0 Å². The van der Waals surface area contributed by atoms with Crippen molar-refractivity contribution in [2.45, 2.75) is 52.4 Å². The van der Waals surface area contributed by atoms with Crippen molar-refractivity contribution in [1.82, 2.24) is 0 Å². The second-order valence-corrected chi connectivity index (χ2v) is 11.3. The van der Waals surface area contributed by atoms with Crippen LogP contribution in [0.1, 0.15) is 52.7 Å². The molecule has 7 heteroatoms. The van der Waals surface area contributed by atoms with E-state index in [1.807, 2.05) is 41.5 Å². The Morgan fingerprint density at radius 1 is 0.606 bits per heavy atom. The van der Waals surface area contributed by atoms with Crippen LogP contribution >= 0.6 is 7.82 Å². The fraction of sp³-hybridized carbons (Fsp3) is 0.308. The second-order valence-electron chi connectivity index (χ2n) is 9.83. The molecule has 0 saturated carbocycles. The number of phosphoric acid groups is 1. The molecule has 176 valence electrons. The van der Waals surface area contributed by atoms with Gasteiger partial charge in [-0.3, -0.25) is 0 Å². The normalized spacial score (nSPS) is 12.3. The minimum atomic E-state index is -4.34. The molecule has 0 heterocycles. The Kier molecular flexibility index (Phi) is 6.71. The van der Waals surface area contributed by atoms with Crippen LogP contribution in [-0.4, -0.2) is 10.2 Å². The Balaban J connectivity index is 2.12. The molecule has 0 spiro atoms. The highest BCUT2D eigenvalue weighted by atomic mass is 31.2. The first-order valence-corrected chi connectivity index (χ1v) is 12.1. The van der Waals surface area contributed by atoms with E-state index in [4.69, 9.17) is 13.6 Å². The van der Waals surface area contributed by atoms with E-state index in [1.165, 1.54) is 0 Å². The van der Waals surface area contributed by atoms with Crippen LogP contribution in [0.4, 0.5) is 0 Å². The molecule has 0 fully saturated rings. The number of phenols is 2. The summed E-state index contributed by atoms with van der Waals surface area (Å²) in [6, 6.07) is 18.1. The van der Waals surface area contributed by atoms with Gasteiger partial charge in [-0.1, -0.05) is 71.9 Å². The summed E-state index contributed by atoms with van der Waals surface area (Å²) in [6.45, 7) is 11.5. The molecule has 6 nitrogen and oxygen atoms in total. The molecule has 3 aromatic rings. The molecule has 0 amide bonds. The molecule has 0 aliphatic rings. The number of hydrogen-bond donors (Lipinski definition) is 2. The van der Waals surface area contributed by atoms with Crippen LogP contribution in [0.25, 0.3) is 0 Å². The van der Waals surface area contributed by atoms with Gasteiger partial charge in [-0.05, 0) is 47.2 Å². The van der Waals surface area contributed by atoms with Crippen molar-refractivity contribution in [3.8, 4) is 28.7 Å². The molecule has 0 aliphatic carbocycles. The van der Waals surface area contributed by atoms with E-state index in [0.29, 0.717) is 11.1 Å². The molecular formula is C26H31O6P. The van der Waals surface area contributed by atoms with Gasteiger partial charge in [0.15, 0.2) is 0 Å². The van der Waals surface area contributed by atoms with E-state index in [2.05, 4.69) is 0 Å². The third-order valence-electron chi connectivity index (χ3n) is 4.89. The van der Waals surface area contributed by atoms with Crippen molar-refractivity contribution in [1.29, 1.82) is 0 Å². The smallest absolute Gasteiger partial charge is 0.508 e. The molecular weight excluding hydrogens is 439 g/mol. The Morgan fingerprint density at radius 3 is 1.42 bits per heavy atom. The quantitative estimate of drug-likeness (QED) is 0.367. The predicted octanol–water partition coefficient (Wildman–Crippen LogP) is 7.34. The number of aromatic hydroxyl groups is 2. The zero-order valence-corrected chi connectivity index (χ0v) is 20.7. The molecule has 33 heavy (non-hydrogen) atoms. The summed E-state index contributed by atoms with van der Waals surface area (Å²) >= 11 is 0. The third kappa shape index (κ3) is 5.82. The Bertz CT molecular complexity index is 1090. The molecule has 0 atom stereocenters. The van der Waals surface area contributed by atoms with Crippen LogP contribution < -0.4 is 13.6 Å². The lowest BCUT2D eigenvalue weighted by atomic mass is 9.85. The first-order valence-electron chi connectivity index (χ1n) is 10.7. The number of phosphoric ester groups is 1. The fourth-order valence-corrected chi connectivity index (χ4v) is 4.88. The van der Waals surface area contributed by atoms with Crippen molar-refractivity contribution in [3.05, 3.63) is 77.9 Å². The second kappa shape index (κ2) is 9.03. The highest BCUT2D eigenvalue weighted by Gasteiger charge is 2.38. The summed E-state index contributed by atoms with van der Waals surface area (Å²) in [5, 5.41) is 21.0. The third-order valence-corrected chi connectivity index (χ3v) is 6.16. The molecule has 2 N–H and O–H groups in total. The Labute approximate surface area is 195 Å². The summed E-state index contributed by atoms with van der Waals surface area (Å²) in [4.78, 5) is 0. The van der Waals surface area contributed by atoms with Crippen LogP contribution in [0.3, 0.4) is 0 Å². The maximum Gasteiger partial charge on any atom is 0.647 e. The molecule has 0 aliphatic heterocycles. The molecule has 0 bridgehead atoms. The summed E-state index contributed by atoms with van der Waals surface area (Å²) < 4.78 is 31.7. The van der Waals surface area contributed by atoms with Crippen LogP contribution in [-0.2, 0) is 15.4 Å². The monoisotopic (exact) mass is 470 g/mol. The molecule has 3 rings (SSSR count). The highest BCUT2D eigenvalue weighted by Crippen LogP contribution is 2.54. The van der Waals surface area contributed by atoms with Gasteiger partial charge >= 0.3 is 7.82 Å².